The van der Waals surface area contributed by atoms with E-state index in [9.17, 15) is 0 Å². The average Bonchev–Trinajstić information content (AvgIpc) is 3.31. The van der Waals surface area contributed by atoms with E-state index in [1.165, 1.54) is 17.8 Å². The lowest BCUT2D eigenvalue weighted by atomic mass is 9.84. The van der Waals surface area contributed by atoms with E-state index in [2.05, 4.69) is 10.3 Å². The van der Waals surface area contributed by atoms with Gasteiger partial charge in [-0.1, -0.05) is 53.7 Å². The highest BCUT2D eigenvalue weighted by Gasteiger charge is 2.42. The molecule has 3 heterocycles. The number of anilines is 1. The number of hydrogen-bond acceptors (Lipinski definition) is 6. The Morgan fingerprint density at radius 2 is 1.91 bits per heavy atom. The Morgan fingerprint density at radius 1 is 1.11 bits per heavy atom. The van der Waals surface area contributed by atoms with Gasteiger partial charge in [-0.25, -0.2) is 9.07 Å². The lowest BCUT2D eigenvalue weighted by Crippen LogP contribution is -2.32. The van der Waals surface area contributed by atoms with Crippen LogP contribution in [0.2, 0.25) is 5.02 Å². The zero-order valence-corrected chi connectivity index (χ0v) is 20.4. The summed E-state index contributed by atoms with van der Waals surface area (Å²) in [7, 11) is 1.63. The standard InChI is InChI=1S/C26H20ClFN4O2S/c1-33-16-10-7-14(8-11-16)24-21-22(18-13-15(27)9-12-20(18)34-24)29-25-30-26(35-2)31-32(25)23(21)17-5-3-4-6-19(17)28/h3-13,23-24H,1-2H3,(H,29,30,31)/t23-,24-/m0/s1. The molecular formula is C26H20ClFN4O2S. The number of methoxy groups -OCH3 is 1. The first-order chi connectivity index (χ1) is 17.1. The SMILES string of the molecule is COc1ccc([C@@H]2Oc3ccc(Cl)cc3C3=C2[C@H](c2ccccc2F)n2nc(SC)nc2N3)cc1. The fourth-order valence-corrected chi connectivity index (χ4v) is 5.14. The van der Waals surface area contributed by atoms with Crippen molar-refractivity contribution in [3.05, 3.63) is 99.8 Å². The highest BCUT2D eigenvalue weighted by Crippen LogP contribution is 2.51. The van der Waals surface area contributed by atoms with Crippen LogP contribution in [0.25, 0.3) is 5.70 Å². The number of hydrogen-bond donors (Lipinski definition) is 1. The van der Waals surface area contributed by atoms with Gasteiger partial charge in [0.05, 0.1) is 12.8 Å². The van der Waals surface area contributed by atoms with Gasteiger partial charge in [0.25, 0.3) is 0 Å². The zero-order chi connectivity index (χ0) is 24.1. The van der Waals surface area contributed by atoms with E-state index in [0.717, 1.165) is 28.1 Å². The minimum absolute atomic E-state index is 0.330. The van der Waals surface area contributed by atoms with Gasteiger partial charge in [-0.3, -0.25) is 0 Å². The molecule has 0 aliphatic carbocycles. The highest BCUT2D eigenvalue weighted by atomic mass is 35.5. The first-order valence-electron chi connectivity index (χ1n) is 10.9. The third-order valence-electron chi connectivity index (χ3n) is 6.22. The number of thioether (sulfide) groups is 1. The van der Waals surface area contributed by atoms with Gasteiger partial charge in [0.15, 0.2) is 0 Å². The maximum atomic E-state index is 15.3. The second kappa shape index (κ2) is 8.62. The third-order valence-corrected chi connectivity index (χ3v) is 6.99. The smallest absolute Gasteiger partial charge is 0.227 e. The van der Waals surface area contributed by atoms with Crippen molar-refractivity contribution in [3.63, 3.8) is 0 Å². The van der Waals surface area contributed by atoms with E-state index in [1.807, 2.05) is 48.7 Å². The summed E-state index contributed by atoms with van der Waals surface area (Å²) in [5.41, 5.74) is 3.78. The number of halogens is 2. The number of aromatic nitrogens is 3. The summed E-state index contributed by atoms with van der Waals surface area (Å²) in [6.45, 7) is 0. The van der Waals surface area contributed by atoms with Crippen molar-refractivity contribution >= 4 is 35.0 Å². The summed E-state index contributed by atoms with van der Waals surface area (Å²) < 4.78 is 29.0. The molecule has 0 amide bonds. The maximum Gasteiger partial charge on any atom is 0.227 e. The van der Waals surface area contributed by atoms with Crippen molar-refractivity contribution in [3.8, 4) is 11.5 Å². The van der Waals surface area contributed by atoms with Crippen LogP contribution in [0.15, 0.2) is 77.5 Å². The Hall–Kier alpha value is -3.49. The quantitative estimate of drug-likeness (QED) is 0.325. The molecule has 2 atom stereocenters. The Balaban J connectivity index is 1.64. The average molecular weight is 507 g/mol. The molecule has 176 valence electrons. The van der Waals surface area contributed by atoms with Crippen LogP contribution in [0.3, 0.4) is 0 Å². The van der Waals surface area contributed by atoms with Crippen LogP contribution in [0.1, 0.15) is 28.8 Å². The van der Waals surface area contributed by atoms with Gasteiger partial charge < -0.3 is 14.8 Å². The second-order valence-electron chi connectivity index (χ2n) is 8.16. The van der Waals surface area contributed by atoms with E-state index in [4.69, 9.17) is 26.2 Å². The van der Waals surface area contributed by atoms with Crippen LogP contribution in [-0.4, -0.2) is 28.1 Å². The first kappa shape index (κ1) is 22.0. The van der Waals surface area contributed by atoms with Gasteiger partial charge in [-0.2, -0.15) is 4.98 Å². The van der Waals surface area contributed by atoms with Gasteiger partial charge in [-0.05, 0) is 48.2 Å². The van der Waals surface area contributed by atoms with Gasteiger partial charge in [0.2, 0.25) is 11.1 Å². The number of rotatable bonds is 4. The second-order valence-corrected chi connectivity index (χ2v) is 9.37. The molecule has 3 aromatic carbocycles. The van der Waals surface area contributed by atoms with Crippen molar-refractivity contribution in [2.45, 2.75) is 17.3 Å². The van der Waals surface area contributed by atoms with Gasteiger partial charge in [0.1, 0.15) is 29.5 Å². The van der Waals surface area contributed by atoms with Gasteiger partial charge >= 0.3 is 0 Å². The molecule has 0 saturated carbocycles. The predicted octanol–water partition coefficient (Wildman–Crippen LogP) is 6.36. The third kappa shape index (κ3) is 3.64. The highest BCUT2D eigenvalue weighted by molar-refractivity contribution is 7.98. The summed E-state index contributed by atoms with van der Waals surface area (Å²) in [4.78, 5) is 4.64. The maximum absolute atomic E-state index is 15.3. The normalized spacial score (nSPS) is 18.2. The fraction of sp³-hybridized carbons (Fsp3) is 0.154. The minimum atomic E-state index is -0.588. The molecule has 6 rings (SSSR count). The van der Waals surface area contributed by atoms with Crippen LogP contribution in [0.5, 0.6) is 11.5 Å². The summed E-state index contributed by atoms with van der Waals surface area (Å²) >= 11 is 7.81. The van der Waals surface area contributed by atoms with Crippen LogP contribution >= 0.6 is 23.4 Å². The van der Waals surface area contributed by atoms with Crippen LogP contribution in [0, 0.1) is 5.82 Å². The lowest BCUT2D eigenvalue weighted by molar-refractivity contribution is 0.222. The van der Waals surface area contributed by atoms with Crippen LogP contribution < -0.4 is 14.8 Å². The summed E-state index contributed by atoms with van der Waals surface area (Å²) in [6, 6.07) is 19.3. The molecule has 0 saturated heterocycles. The van der Waals surface area contributed by atoms with E-state index in [1.54, 1.807) is 30.0 Å². The van der Waals surface area contributed by atoms with Crippen LogP contribution in [0.4, 0.5) is 10.3 Å². The number of nitrogens with one attached hydrogen (secondary N) is 1. The molecule has 9 heteroatoms. The number of benzene rings is 3. The van der Waals surface area contributed by atoms with E-state index < -0.39 is 12.1 Å². The van der Waals surface area contributed by atoms with Crippen molar-refractivity contribution in [1.82, 2.24) is 14.8 Å². The molecule has 2 aliphatic heterocycles. The minimum Gasteiger partial charge on any atom is -0.497 e. The Bertz CT molecular complexity index is 1470. The van der Waals surface area contributed by atoms with Gasteiger partial charge in [-0.15, -0.1) is 5.10 Å². The van der Waals surface area contributed by atoms with E-state index in [0.29, 0.717) is 27.4 Å². The van der Waals surface area contributed by atoms with Crippen molar-refractivity contribution in [2.24, 2.45) is 0 Å². The Kier molecular flexibility index (Phi) is 5.42. The number of ether oxygens (including phenoxy) is 2. The molecule has 2 aliphatic rings. The summed E-state index contributed by atoms with van der Waals surface area (Å²) in [6.07, 6.45) is 1.39. The topological polar surface area (TPSA) is 61.2 Å². The molecule has 6 nitrogen and oxygen atoms in total. The molecule has 4 aromatic rings. The van der Waals surface area contributed by atoms with Crippen molar-refractivity contribution in [2.75, 3.05) is 18.7 Å². The number of nitrogens with zero attached hydrogens (tertiary/aromatic N) is 3. The predicted molar refractivity (Wildman–Crippen MR) is 135 cm³/mol. The first-order valence-corrected chi connectivity index (χ1v) is 12.5. The van der Waals surface area contributed by atoms with E-state index in [-0.39, 0.29) is 5.82 Å². The van der Waals surface area contributed by atoms with Crippen molar-refractivity contribution < 1.29 is 13.9 Å². The monoisotopic (exact) mass is 506 g/mol. The molecule has 0 unspecified atom stereocenters. The Morgan fingerprint density at radius 3 is 2.66 bits per heavy atom. The largest absolute Gasteiger partial charge is 0.497 e. The number of fused-ring (bicyclic) bond motifs is 3. The molecule has 1 aromatic heterocycles. The Labute approximate surface area is 210 Å². The van der Waals surface area contributed by atoms with E-state index >= 15 is 4.39 Å². The van der Waals surface area contributed by atoms with Crippen LogP contribution in [-0.2, 0) is 0 Å². The lowest BCUT2D eigenvalue weighted by Gasteiger charge is -2.39. The molecule has 35 heavy (non-hydrogen) atoms. The molecular weight excluding hydrogens is 487 g/mol. The summed E-state index contributed by atoms with van der Waals surface area (Å²) in [5, 5.41) is 9.30. The molecule has 0 spiro atoms. The molecule has 1 N–H and O–H groups in total. The van der Waals surface area contributed by atoms with Gasteiger partial charge in [0, 0.05) is 21.7 Å². The zero-order valence-electron chi connectivity index (χ0n) is 18.8. The van der Waals surface area contributed by atoms with Crippen molar-refractivity contribution in [1.29, 1.82) is 0 Å². The molecule has 0 radical (unpaired) electrons. The molecule has 0 fully saturated rings. The molecule has 0 bridgehead atoms. The fourth-order valence-electron chi connectivity index (χ4n) is 4.62. The summed E-state index contributed by atoms with van der Waals surface area (Å²) in [5.74, 6) is 1.61.